The van der Waals surface area contributed by atoms with Crippen molar-refractivity contribution in [1.29, 1.82) is 0 Å². The maximum absolute atomic E-state index is 14.0. The summed E-state index contributed by atoms with van der Waals surface area (Å²) in [5.74, 6) is -0.650. The van der Waals surface area contributed by atoms with Gasteiger partial charge in [-0.25, -0.2) is 4.79 Å². The molecule has 3 aromatic rings. The first-order valence-electron chi connectivity index (χ1n) is 18.0. The van der Waals surface area contributed by atoms with Gasteiger partial charge in [-0.1, -0.05) is 66.7 Å². The molecule has 0 unspecified atom stereocenters. The Bertz CT molecular complexity index is 1630. The first-order valence-corrected chi connectivity index (χ1v) is 18.0. The Morgan fingerprint density at radius 1 is 0.942 bits per heavy atom. The molecule has 0 saturated carbocycles. The fraction of sp³-hybridized carbons (Fsp3) is 0.475. The molecule has 1 heterocycles. The van der Waals surface area contributed by atoms with Crippen LogP contribution in [0.3, 0.4) is 0 Å². The number of piperazine rings is 1. The minimum atomic E-state index is -0.995. The van der Waals surface area contributed by atoms with Gasteiger partial charge in [0.1, 0.15) is 25.0 Å². The van der Waals surface area contributed by atoms with Gasteiger partial charge >= 0.3 is 6.09 Å². The van der Waals surface area contributed by atoms with Crippen LogP contribution < -0.4 is 15.4 Å². The zero-order chi connectivity index (χ0) is 37.3. The monoisotopic (exact) mass is 716 g/mol. The van der Waals surface area contributed by atoms with E-state index in [9.17, 15) is 24.6 Å². The van der Waals surface area contributed by atoms with Gasteiger partial charge in [0.25, 0.3) is 0 Å². The van der Waals surface area contributed by atoms with E-state index in [1.165, 1.54) is 4.90 Å². The number of β-amino-alcohol motifs (C(OH)–C–C–N with tert-alkyl or cyclic N) is 1. The highest BCUT2D eigenvalue weighted by Gasteiger charge is 2.38. The number of aliphatic hydroxyl groups is 3. The van der Waals surface area contributed by atoms with Crippen molar-refractivity contribution in [1.82, 2.24) is 20.4 Å². The lowest BCUT2D eigenvalue weighted by molar-refractivity contribution is -0.132. The van der Waals surface area contributed by atoms with Crippen molar-refractivity contribution in [2.75, 3.05) is 39.4 Å². The second-order valence-corrected chi connectivity index (χ2v) is 14.7. The van der Waals surface area contributed by atoms with Crippen molar-refractivity contribution >= 4 is 17.9 Å². The number of rotatable bonds is 14. The molecular formula is C40H52N4O8. The zero-order valence-corrected chi connectivity index (χ0v) is 30.2. The Morgan fingerprint density at radius 2 is 1.65 bits per heavy atom. The topological polar surface area (TPSA) is 161 Å². The van der Waals surface area contributed by atoms with E-state index in [2.05, 4.69) is 10.6 Å². The lowest BCUT2D eigenvalue weighted by Gasteiger charge is -2.41. The van der Waals surface area contributed by atoms with Gasteiger partial charge in [-0.2, -0.15) is 0 Å². The lowest BCUT2D eigenvalue weighted by atomic mass is 9.91. The van der Waals surface area contributed by atoms with Crippen LogP contribution in [0.1, 0.15) is 55.5 Å². The number of hydrogen-bond acceptors (Lipinski definition) is 9. The molecule has 1 fully saturated rings. The summed E-state index contributed by atoms with van der Waals surface area (Å²) >= 11 is 0. The van der Waals surface area contributed by atoms with Crippen molar-refractivity contribution in [3.63, 3.8) is 0 Å². The molecule has 1 saturated heterocycles. The molecule has 2 aliphatic rings. The largest absolute Gasteiger partial charge is 0.491 e. The van der Waals surface area contributed by atoms with Crippen LogP contribution >= 0.6 is 0 Å². The van der Waals surface area contributed by atoms with Gasteiger partial charge in [-0.05, 0) is 68.0 Å². The number of fused-ring (bicyclic) bond motifs is 1. The number of carbonyl (C=O) groups is 3. The van der Waals surface area contributed by atoms with Crippen LogP contribution in [0.25, 0.3) is 0 Å². The molecule has 280 valence electrons. The molecular weight excluding hydrogens is 664 g/mol. The third-order valence-corrected chi connectivity index (χ3v) is 9.40. The molecule has 52 heavy (non-hydrogen) atoms. The average Bonchev–Trinajstić information content (AvgIpc) is 3.43. The Balaban J connectivity index is 1.29. The predicted octanol–water partition coefficient (Wildman–Crippen LogP) is 2.98. The van der Waals surface area contributed by atoms with Crippen LogP contribution in [0.15, 0.2) is 78.9 Å². The molecule has 1 aliphatic heterocycles. The van der Waals surface area contributed by atoms with E-state index < -0.39 is 41.8 Å². The fourth-order valence-electron chi connectivity index (χ4n) is 6.86. The molecule has 0 radical (unpaired) electrons. The zero-order valence-electron chi connectivity index (χ0n) is 30.2. The normalized spacial score (nSPS) is 20.0. The second-order valence-electron chi connectivity index (χ2n) is 14.7. The van der Waals surface area contributed by atoms with Crippen molar-refractivity contribution in [2.45, 2.75) is 76.5 Å². The fourth-order valence-corrected chi connectivity index (χ4v) is 6.86. The molecule has 12 heteroatoms. The van der Waals surface area contributed by atoms with Crippen LogP contribution in [0.4, 0.5) is 4.79 Å². The molecule has 1 aliphatic carbocycles. The SMILES string of the molecule is CC(C)(C)NC(=O)[C@@H]1CN(C(=O)OCc2ccccc2)CCN1C[C@@H](O)C[C@@H](Cc1ccc(OCCO)cc1)C(=O)N[C@H]1c2ccccc2C[C@H]1O. The lowest BCUT2D eigenvalue weighted by Crippen LogP contribution is -2.62. The number of ether oxygens (including phenoxy) is 2. The van der Waals surface area contributed by atoms with Gasteiger partial charge in [-0.15, -0.1) is 0 Å². The van der Waals surface area contributed by atoms with Crippen LogP contribution in [-0.2, 0) is 33.8 Å². The minimum absolute atomic E-state index is 0.0792. The summed E-state index contributed by atoms with van der Waals surface area (Å²) in [6.45, 7) is 6.61. The second kappa shape index (κ2) is 17.8. The van der Waals surface area contributed by atoms with Gasteiger partial charge in [0, 0.05) is 44.1 Å². The highest BCUT2D eigenvalue weighted by Crippen LogP contribution is 2.32. The molecule has 0 aromatic heterocycles. The number of amides is 3. The third-order valence-electron chi connectivity index (χ3n) is 9.40. The maximum atomic E-state index is 14.0. The summed E-state index contributed by atoms with van der Waals surface area (Å²) in [6.07, 6.45) is -1.45. The number of carbonyl (C=O) groups excluding carboxylic acids is 3. The van der Waals surface area contributed by atoms with Crippen molar-refractivity contribution in [3.05, 3.63) is 101 Å². The van der Waals surface area contributed by atoms with E-state index in [1.54, 1.807) is 12.1 Å². The van der Waals surface area contributed by atoms with E-state index in [0.29, 0.717) is 31.7 Å². The number of nitrogens with one attached hydrogen (secondary N) is 2. The van der Waals surface area contributed by atoms with Crippen molar-refractivity contribution in [3.8, 4) is 5.75 Å². The molecule has 3 aromatic carbocycles. The molecule has 3 amide bonds. The summed E-state index contributed by atoms with van der Waals surface area (Å²) in [6, 6.07) is 22.9. The summed E-state index contributed by atoms with van der Waals surface area (Å²) in [7, 11) is 0. The standard InChI is InChI=1S/C40H52N4O8/c1-40(2,3)42-38(49)34-25-44(39(50)52-26-28-9-5-4-6-10-28)18-17-43(34)24-31(46)22-30(21-27-13-15-32(16-14-27)51-20-19-45)37(48)41-36-33-12-8-7-11-29(33)23-35(36)47/h4-16,30-31,34-36,45-47H,17-26H2,1-3H3,(H,41,48)(H,42,49)/t30-,31+,34+,35-,36+/m1/s1. The van der Waals surface area contributed by atoms with Crippen LogP contribution in [0.2, 0.25) is 0 Å². The third kappa shape index (κ3) is 10.8. The van der Waals surface area contributed by atoms with Gasteiger partial charge < -0.3 is 40.3 Å². The summed E-state index contributed by atoms with van der Waals surface area (Å²) < 4.78 is 11.1. The van der Waals surface area contributed by atoms with Crippen molar-refractivity contribution < 1.29 is 39.2 Å². The van der Waals surface area contributed by atoms with Gasteiger partial charge in [0.15, 0.2) is 0 Å². The van der Waals surface area contributed by atoms with E-state index >= 15 is 0 Å². The van der Waals surface area contributed by atoms with E-state index in [0.717, 1.165) is 22.3 Å². The Morgan fingerprint density at radius 3 is 2.37 bits per heavy atom. The van der Waals surface area contributed by atoms with Gasteiger partial charge in [0.05, 0.1) is 24.9 Å². The molecule has 5 rings (SSSR count). The Hall–Kier alpha value is -4.49. The smallest absolute Gasteiger partial charge is 0.410 e. The van der Waals surface area contributed by atoms with Gasteiger partial charge in [0.2, 0.25) is 11.8 Å². The molecule has 5 N–H and O–H groups in total. The predicted molar refractivity (Wildman–Crippen MR) is 195 cm³/mol. The quantitative estimate of drug-likeness (QED) is 0.169. The molecule has 0 spiro atoms. The van der Waals surface area contributed by atoms with Crippen LogP contribution in [0, 0.1) is 5.92 Å². The van der Waals surface area contributed by atoms with E-state index in [1.807, 2.05) is 92.4 Å². The average molecular weight is 717 g/mol. The number of hydrogen-bond donors (Lipinski definition) is 5. The number of benzene rings is 3. The Labute approximate surface area is 305 Å². The summed E-state index contributed by atoms with van der Waals surface area (Å²) in [4.78, 5) is 44.1. The first kappa shape index (κ1) is 38.7. The van der Waals surface area contributed by atoms with E-state index in [4.69, 9.17) is 14.6 Å². The molecule has 12 nitrogen and oxygen atoms in total. The van der Waals surface area contributed by atoms with E-state index in [-0.39, 0.29) is 51.1 Å². The molecule has 0 bridgehead atoms. The summed E-state index contributed by atoms with van der Waals surface area (Å²) in [5, 5.41) is 37.6. The Kier molecular flexibility index (Phi) is 13.3. The van der Waals surface area contributed by atoms with Crippen LogP contribution in [-0.4, -0.2) is 106 Å². The maximum Gasteiger partial charge on any atom is 0.410 e. The number of aliphatic hydroxyl groups excluding tert-OH is 3. The van der Waals surface area contributed by atoms with Crippen molar-refractivity contribution in [2.24, 2.45) is 5.92 Å². The molecule has 5 atom stereocenters. The number of nitrogens with zero attached hydrogens (tertiary/aromatic N) is 2. The first-order chi connectivity index (χ1) is 24.9. The summed E-state index contributed by atoms with van der Waals surface area (Å²) in [5.41, 5.74) is 3.04. The highest BCUT2D eigenvalue weighted by molar-refractivity contribution is 5.83. The highest BCUT2D eigenvalue weighted by atomic mass is 16.6. The van der Waals surface area contributed by atoms with Gasteiger partial charge in [-0.3, -0.25) is 14.5 Å². The minimum Gasteiger partial charge on any atom is -0.491 e. The van der Waals surface area contributed by atoms with Crippen LogP contribution in [0.5, 0.6) is 5.75 Å².